The Labute approximate surface area is 146 Å². The molecule has 0 amide bonds. The van der Waals surface area contributed by atoms with Crippen molar-refractivity contribution in [2.24, 2.45) is 0 Å². The van der Waals surface area contributed by atoms with E-state index in [9.17, 15) is 14.7 Å². The topological polar surface area (TPSA) is 65.3 Å². The minimum absolute atomic E-state index is 0. The second-order valence-corrected chi connectivity index (χ2v) is 5.98. The fourth-order valence-corrected chi connectivity index (χ4v) is 3.05. The van der Waals surface area contributed by atoms with E-state index in [4.69, 9.17) is 0 Å². The van der Waals surface area contributed by atoms with E-state index in [-0.39, 0.29) is 18.0 Å². The molecule has 1 aliphatic heterocycles. The molecule has 0 atom stereocenters. The first-order chi connectivity index (χ1) is 11.0. The predicted molar refractivity (Wildman–Crippen MR) is 97.0 cm³/mol. The third-order valence-electron chi connectivity index (χ3n) is 4.52. The first kappa shape index (κ1) is 18.3. The Morgan fingerprint density at radius 3 is 2.46 bits per heavy atom. The lowest BCUT2D eigenvalue weighted by Crippen LogP contribution is -2.44. The van der Waals surface area contributed by atoms with Crippen molar-refractivity contribution in [1.29, 1.82) is 0 Å². The third kappa shape index (κ3) is 3.25. The van der Waals surface area contributed by atoms with Crippen molar-refractivity contribution in [3.63, 3.8) is 0 Å². The molecule has 3 rings (SSSR count). The van der Waals surface area contributed by atoms with E-state index < -0.39 is 11.5 Å². The van der Waals surface area contributed by atoms with Gasteiger partial charge in [-0.05, 0) is 37.2 Å². The third-order valence-corrected chi connectivity index (χ3v) is 4.52. The summed E-state index contributed by atoms with van der Waals surface area (Å²) < 4.78 is 1.45. The van der Waals surface area contributed by atoms with Crippen LogP contribution in [0.2, 0.25) is 0 Å². The summed E-state index contributed by atoms with van der Waals surface area (Å²) >= 11 is 0. The summed E-state index contributed by atoms with van der Waals surface area (Å²) in [4.78, 5) is 28.2. The van der Waals surface area contributed by atoms with E-state index in [0.29, 0.717) is 6.42 Å². The lowest BCUT2D eigenvalue weighted by molar-refractivity contribution is 0.0694. The number of aromatic nitrogens is 1. The van der Waals surface area contributed by atoms with Crippen LogP contribution in [0.3, 0.4) is 0 Å². The number of aromatic carboxylic acids is 1. The molecule has 6 nitrogen and oxygen atoms in total. The summed E-state index contributed by atoms with van der Waals surface area (Å²) in [6.45, 7) is 5.89. The molecular weight excluding hydrogens is 330 g/mol. The van der Waals surface area contributed by atoms with Crippen molar-refractivity contribution >= 4 is 29.6 Å². The Bertz CT molecular complexity index is 811. The van der Waals surface area contributed by atoms with Crippen LogP contribution < -0.4 is 10.5 Å². The van der Waals surface area contributed by atoms with Crippen LogP contribution >= 0.6 is 12.4 Å². The van der Waals surface area contributed by atoms with Crippen LogP contribution in [0.4, 0.5) is 5.69 Å². The van der Waals surface area contributed by atoms with Gasteiger partial charge in [-0.15, -0.1) is 12.4 Å². The number of piperazine rings is 1. The summed E-state index contributed by atoms with van der Waals surface area (Å²) in [7, 11) is 2.11. The Morgan fingerprint density at radius 1 is 1.21 bits per heavy atom. The van der Waals surface area contributed by atoms with E-state index in [0.717, 1.165) is 42.9 Å². The first-order valence-electron chi connectivity index (χ1n) is 7.86. The van der Waals surface area contributed by atoms with Crippen LogP contribution in [0.5, 0.6) is 0 Å². The highest BCUT2D eigenvalue weighted by Gasteiger charge is 2.17. The number of carbonyl (C=O) groups is 1. The number of likely N-dealkylation sites (N-methyl/N-ethyl adjacent to an activating group) is 1. The van der Waals surface area contributed by atoms with Crippen LogP contribution in [0.15, 0.2) is 29.2 Å². The maximum Gasteiger partial charge on any atom is 0.341 e. The number of carboxylic acid groups (broad SMARTS) is 1. The average molecular weight is 352 g/mol. The van der Waals surface area contributed by atoms with Crippen LogP contribution in [-0.2, 0) is 6.42 Å². The fourth-order valence-electron chi connectivity index (χ4n) is 3.05. The quantitative estimate of drug-likeness (QED) is 0.912. The van der Waals surface area contributed by atoms with E-state index in [1.807, 2.05) is 19.1 Å². The molecule has 1 fully saturated rings. The van der Waals surface area contributed by atoms with Gasteiger partial charge in [0.15, 0.2) is 0 Å². The van der Waals surface area contributed by atoms with Gasteiger partial charge in [0.05, 0.1) is 5.52 Å². The van der Waals surface area contributed by atoms with Gasteiger partial charge < -0.3 is 14.9 Å². The molecule has 1 saturated heterocycles. The number of anilines is 1. The second-order valence-electron chi connectivity index (χ2n) is 5.98. The average Bonchev–Trinajstić information content (AvgIpc) is 2.55. The number of carboxylic acids is 1. The van der Waals surface area contributed by atoms with Gasteiger partial charge >= 0.3 is 5.97 Å². The summed E-state index contributed by atoms with van der Waals surface area (Å²) in [6, 6.07) is 5.40. The first-order valence-corrected chi connectivity index (χ1v) is 7.86. The predicted octanol–water partition coefficient (Wildman–Crippen LogP) is 1.73. The monoisotopic (exact) mass is 351 g/mol. The molecular formula is C17H22ClN3O3. The van der Waals surface area contributed by atoms with Crippen molar-refractivity contribution in [3.05, 3.63) is 45.9 Å². The smallest absolute Gasteiger partial charge is 0.341 e. The summed E-state index contributed by atoms with van der Waals surface area (Å²) in [5.41, 5.74) is 2.09. The van der Waals surface area contributed by atoms with E-state index in [1.165, 1.54) is 10.5 Å². The largest absolute Gasteiger partial charge is 0.477 e. The van der Waals surface area contributed by atoms with E-state index >= 15 is 0 Å². The Kier molecular flexibility index (Phi) is 5.51. The molecule has 0 spiro atoms. The molecule has 1 aliphatic rings. The summed E-state index contributed by atoms with van der Waals surface area (Å²) in [6.07, 6.45) is 2.37. The van der Waals surface area contributed by atoms with E-state index in [2.05, 4.69) is 16.8 Å². The molecule has 0 saturated carbocycles. The second kappa shape index (κ2) is 7.23. The standard InChI is InChI=1S/C17H21N3O3.ClH/c1-3-12-10-14(17(22)23)16(21)20-5-4-13(11-15(12)20)19-8-6-18(2)7-9-19;/h4-5,10-11H,3,6-9H2,1-2H3,(H,22,23);1H. The lowest BCUT2D eigenvalue weighted by Gasteiger charge is -2.34. The Hall–Kier alpha value is -2.05. The van der Waals surface area contributed by atoms with E-state index in [1.54, 1.807) is 6.20 Å². The van der Waals surface area contributed by atoms with Crippen molar-refractivity contribution in [1.82, 2.24) is 9.30 Å². The fraction of sp³-hybridized carbons (Fsp3) is 0.412. The van der Waals surface area contributed by atoms with Crippen molar-refractivity contribution in [3.8, 4) is 0 Å². The van der Waals surface area contributed by atoms with Crippen molar-refractivity contribution < 1.29 is 9.90 Å². The van der Waals surface area contributed by atoms with Crippen LogP contribution in [0, 0.1) is 0 Å². The zero-order valence-electron chi connectivity index (χ0n) is 13.9. The lowest BCUT2D eigenvalue weighted by atomic mass is 10.1. The van der Waals surface area contributed by atoms with Gasteiger partial charge in [-0.3, -0.25) is 9.20 Å². The molecule has 2 aromatic rings. The molecule has 1 N–H and O–H groups in total. The number of nitrogens with zero attached hydrogens (tertiary/aromatic N) is 3. The SMILES string of the molecule is CCc1cc(C(=O)O)c(=O)n2ccc(N3CCN(C)CC3)cc12.Cl. The number of fused-ring (bicyclic) bond motifs is 1. The molecule has 0 unspecified atom stereocenters. The number of rotatable bonds is 3. The zero-order chi connectivity index (χ0) is 16.6. The highest BCUT2D eigenvalue weighted by molar-refractivity contribution is 5.88. The molecule has 0 aromatic carbocycles. The molecule has 24 heavy (non-hydrogen) atoms. The normalized spacial score (nSPS) is 15.3. The molecule has 2 aromatic heterocycles. The maximum atomic E-state index is 12.3. The molecule has 3 heterocycles. The van der Waals surface area contributed by atoms with Crippen molar-refractivity contribution in [2.75, 3.05) is 38.1 Å². The Morgan fingerprint density at radius 2 is 1.88 bits per heavy atom. The molecule has 130 valence electrons. The van der Waals surface area contributed by atoms with Gasteiger partial charge in [-0.25, -0.2) is 4.79 Å². The van der Waals surface area contributed by atoms with Gasteiger partial charge in [0.25, 0.3) is 5.56 Å². The van der Waals surface area contributed by atoms with Crippen LogP contribution in [-0.4, -0.2) is 53.6 Å². The molecule has 0 radical (unpaired) electrons. The maximum absolute atomic E-state index is 12.3. The van der Waals surface area contributed by atoms with Gasteiger partial charge in [-0.1, -0.05) is 6.92 Å². The number of hydrogen-bond acceptors (Lipinski definition) is 4. The zero-order valence-corrected chi connectivity index (χ0v) is 14.7. The molecule has 0 bridgehead atoms. The highest BCUT2D eigenvalue weighted by Crippen LogP contribution is 2.21. The Balaban J connectivity index is 0.00000208. The minimum Gasteiger partial charge on any atom is -0.477 e. The molecule has 0 aliphatic carbocycles. The van der Waals surface area contributed by atoms with Gasteiger partial charge in [-0.2, -0.15) is 0 Å². The van der Waals surface area contributed by atoms with Gasteiger partial charge in [0, 0.05) is 38.1 Å². The van der Waals surface area contributed by atoms with Gasteiger partial charge in [0.1, 0.15) is 5.56 Å². The minimum atomic E-state index is -1.18. The molecule has 7 heteroatoms. The van der Waals surface area contributed by atoms with Crippen LogP contribution in [0.1, 0.15) is 22.8 Å². The summed E-state index contributed by atoms with van der Waals surface area (Å²) in [5, 5.41) is 9.20. The number of aryl methyl sites for hydroxylation is 1. The highest BCUT2D eigenvalue weighted by atomic mass is 35.5. The number of halogens is 1. The number of hydrogen-bond donors (Lipinski definition) is 1. The van der Waals surface area contributed by atoms with Gasteiger partial charge in [0.2, 0.25) is 0 Å². The number of pyridine rings is 2. The van der Waals surface area contributed by atoms with Crippen LogP contribution in [0.25, 0.3) is 5.52 Å². The van der Waals surface area contributed by atoms with Crippen molar-refractivity contribution in [2.45, 2.75) is 13.3 Å². The summed E-state index contributed by atoms with van der Waals surface area (Å²) in [5.74, 6) is -1.18.